The van der Waals surface area contributed by atoms with E-state index in [4.69, 9.17) is 16.3 Å². The standard InChI is InChI=1S/C17H19ClN2O2/c1-13-7-8-14(11-16(13)18)20-12-17(21)19-9-10-22-15-5-3-2-4-6-15/h2-8,11,20H,9-10,12H2,1H3,(H,19,21). The maximum atomic E-state index is 11.7. The highest BCUT2D eigenvalue weighted by Crippen LogP contribution is 2.19. The molecule has 0 aliphatic heterocycles. The van der Waals surface area contributed by atoms with Crippen LogP contribution in [-0.2, 0) is 4.79 Å². The second kappa shape index (κ2) is 8.29. The number of hydrogen-bond acceptors (Lipinski definition) is 3. The van der Waals surface area contributed by atoms with Crippen molar-refractivity contribution in [3.63, 3.8) is 0 Å². The van der Waals surface area contributed by atoms with Crippen molar-refractivity contribution < 1.29 is 9.53 Å². The molecule has 1 amide bonds. The second-order valence-electron chi connectivity index (χ2n) is 4.83. The fourth-order valence-electron chi connectivity index (χ4n) is 1.82. The van der Waals surface area contributed by atoms with Gasteiger partial charge in [0.05, 0.1) is 13.1 Å². The predicted molar refractivity (Wildman–Crippen MR) is 89.6 cm³/mol. The Balaban J connectivity index is 1.64. The van der Waals surface area contributed by atoms with Crippen LogP contribution in [0.3, 0.4) is 0 Å². The van der Waals surface area contributed by atoms with E-state index in [1.165, 1.54) is 0 Å². The number of ether oxygens (including phenoxy) is 1. The summed E-state index contributed by atoms with van der Waals surface area (Å²) >= 11 is 6.03. The normalized spacial score (nSPS) is 10.1. The zero-order valence-electron chi connectivity index (χ0n) is 12.4. The first-order valence-electron chi connectivity index (χ1n) is 7.10. The molecule has 0 aliphatic rings. The van der Waals surface area contributed by atoms with Crippen molar-refractivity contribution in [3.8, 4) is 5.75 Å². The van der Waals surface area contributed by atoms with Gasteiger partial charge in [-0.1, -0.05) is 35.9 Å². The van der Waals surface area contributed by atoms with E-state index in [1.807, 2.05) is 55.5 Å². The largest absolute Gasteiger partial charge is 0.492 e. The number of aryl methyl sites for hydroxylation is 1. The minimum Gasteiger partial charge on any atom is -0.492 e. The molecule has 0 saturated heterocycles. The summed E-state index contributed by atoms with van der Waals surface area (Å²) in [5, 5.41) is 6.51. The van der Waals surface area contributed by atoms with Crippen molar-refractivity contribution >= 4 is 23.2 Å². The first-order chi connectivity index (χ1) is 10.6. The summed E-state index contributed by atoms with van der Waals surface area (Å²) in [6.07, 6.45) is 0. The number of hydrogen-bond donors (Lipinski definition) is 2. The summed E-state index contributed by atoms with van der Waals surface area (Å²) < 4.78 is 5.50. The van der Waals surface area contributed by atoms with E-state index in [0.29, 0.717) is 18.2 Å². The van der Waals surface area contributed by atoms with Crippen molar-refractivity contribution in [2.75, 3.05) is 25.0 Å². The predicted octanol–water partition coefficient (Wildman–Crippen LogP) is 3.26. The van der Waals surface area contributed by atoms with Gasteiger partial charge in [-0.15, -0.1) is 0 Å². The molecule has 0 radical (unpaired) electrons. The molecule has 116 valence electrons. The van der Waals surface area contributed by atoms with Gasteiger partial charge in [0.25, 0.3) is 0 Å². The van der Waals surface area contributed by atoms with Gasteiger partial charge in [0.2, 0.25) is 5.91 Å². The molecule has 0 aliphatic carbocycles. The Kier molecular flexibility index (Phi) is 6.10. The molecule has 0 bridgehead atoms. The van der Waals surface area contributed by atoms with Gasteiger partial charge in [0.15, 0.2) is 0 Å². The first-order valence-corrected chi connectivity index (χ1v) is 7.47. The average Bonchev–Trinajstić information content (AvgIpc) is 2.54. The highest BCUT2D eigenvalue weighted by molar-refractivity contribution is 6.31. The van der Waals surface area contributed by atoms with Gasteiger partial charge in [0.1, 0.15) is 12.4 Å². The molecule has 0 aromatic heterocycles. The quantitative estimate of drug-likeness (QED) is 0.770. The molecular formula is C17H19ClN2O2. The lowest BCUT2D eigenvalue weighted by molar-refractivity contribution is -0.119. The van der Waals surface area contributed by atoms with Crippen LogP contribution in [-0.4, -0.2) is 25.6 Å². The molecule has 0 saturated carbocycles. The summed E-state index contributed by atoms with van der Waals surface area (Å²) in [6, 6.07) is 15.1. The van der Waals surface area contributed by atoms with E-state index in [0.717, 1.165) is 17.0 Å². The summed E-state index contributed by atoms with van der Waals surface area (Å²) in [5.74, 6) is 0.706. The van der Waals surface area contributed by atoms with Crippen LogP contribution in [0.4, 0.5) is 5.69 Å². The van der Waals surface area contributed by atoms with E-state index < -0.39 is 0 Å². The van der Waals surface area contributed by atoms with Gasteiger partial charge in [-0.2, -0.15) is 0 Å². The Labute approximate surface area is 135 Å². The number of anilines is 1. The highest BCUT2D eigenvalue weighted by atomic mass is 35.5. The van der Waals surface area contributed by atoms with Crippen LogP contribution < -0.4 is 15.4 Å². The molecule has 2 N–H and O–H groups in total. The lowest BCUT2D eigenvalue weighted by Crippen LogP contribution is -2.33. The Morgan fingerprint density at radius 3 is 2.68 bits per heavy atom. The molecule has 0 fully saturated rings. The topological polar surface area (TPSA) is 50.4 Å². The van der Waals surface area contributed by atoms with E-state index in [-0.39, 0.29) is 12.5 Å². The van der Waals surface area contributed by atoms with Crippen molar-refractivity contribution in [2.24, 2.45) is 0 Å². The smallest absolute Gasteiger partial charge is 0.239 e. The maximum absolute atomic E-state index is 11.7. The highest BCUT2D eigenvalue weighted by Gasteiger charge is 2.02. The van der Waals surface area contributed by atoms with Crippen LogP contribution in [0.5, 0.6) is 5.75 Å². The van der Waals surface area contributed by atoms with Crippen LogP contribution >= 0.6 is 11.6 Å². The van der Waals surface area contributed by atoms with Crippen LogP contribution in [0.1, 0.15) is 5.56 Å². The third kappa shape index (κ3) is 5.30. The number of halogens is 1. The third-order valence-electron chi connectivity index (χ3n) is 3.06. The van der Waals surface area contributed by atoms with E-state index in [1.54, 1.807) is 0 Å². The number of rotatable bonds is 7. The van der Waals surface area contributed by atoms with Crippen molar-refractivity contribution in [1.29, 1.82) is 0 Å². The Morgan fingerprint density at radius 1 is 1.18 bits per heavy atom. The molecule has 22 heavy (non-hydrogen) atoms. The molecule has 2 rings (SSSR count). The molecule has 5 heteroatoms. The number of carbonyl (C=O) groups excluding carboxylic acids is 1. The van der Waals surface area contributed by atoms with E-state index >= 15 is 0 Å². The lowest BCUT2D eigenvalue weighted by atomic mass is 10.2. The Morgan fingerprint density at radius 2 is 1.95 bits per heavy atom. The van der Waals surface area contributed by atoms with Crippen LogP contribution in [0.2, 0.25) is 5.02 Å². The molecule has 0 atom stereocenters. The monoisotopic (exact) mass is 318 g/mol. The molecule has 0 unspecified atom stereocenters. The van der Waals surface area contributed by atoms with Crippen molar-refractivity contribution in [1.82, 2.24) is 5.32 Å². The van der Waals surface area contributed by atoms with Gasteiger partial charge in [-0.25, -0.2) is 0 Å². The van der Waals surface area contributed by atoms with Gasteiger partial charge in [-0.05, 0) is 36.8 Å². The van der Waals surface area contributed by atoms with E-state index in [2.05, 4.69) is 10.6 Å². The zero-order valence-corrected chi connectivity index (χ0v) is 13.2. The number of amides is 1. The van der Waals surface area contributed by atoms with Gasteiger partial charge < -0.3 is 15.4 Å². The summed E-state index contributed by atoms with van der Waals surface area (Å²) in [5.41, 5.74) is 1.83. The zero-order chi connectivity index (χ0) is 15.8. The SMILES string of the molecule is Cc1ccc(NCC(=O)NCCOc2ccccc2)cc1Cl. The van der Waals surface area contributed by atoms with Crippen LogP contribution in [0.15, 0.2) is 48.5 Å². The maximum Gasteiger partial charge on any atom is 0.239 e. The van der Waals surface area contributed by atoms with Crippen LogP contribution in [0.25, 0.3) is 0 Å². The third-order valence-corrected chi connectivity index (χ3v) is 3.47. The lowest BCUT2D eigenvalue weighted by Gasteiger charge is -2.09. The summed E-state index contributed by atoms with van der Waals surface area (Å²) in [7, 11) is 0. The van der Waals surface area contributed by atoms with E-state index in [9.17, 15) is 4.79 Å². The van der Waals surface area contributed by atoms with Crippen LogP contribution in [0, 0.1) is 6.92 Å². The minimum atomic E-state index is -0.0895. The summed E-state index contributed by atoms with van der Waals surface area (Å²) in [4.78, 5) is 11.7. The van der Waals surface area contributed by atoms with Gasteiger partial charge in [0, 0.05) is 10.7 Å². The molecule has 2 aromatic carbocycles. The second-order valence-corrected chi connectivity index (χ2v) is 5.24. The Bertz CT molecular complexity index is 617. The molecule has 0 spiro atoms. The molecule has 2 aromatic rings. The van der Waals surface area contributed by atoms with Crippen molar-refractivity contribution in [3.05, 3.63) is 59.1 Å². The average molecular weight is 319 g/mol. The number of nitrogens with one attached hydrogen (secondary N) is 2. The molecule has 4 nitrogen and oxygen atoms in total. The summed E-state index contributed by atoms with van der Waals surface area (Å²) in [6.45, 7) is 3.03. The first kappa shape index (κ1) is 16.2. The molecule has 0 heterocycles. The van der Waals surface area contributed by atoms with Gasteiger partial charge in [-0.3, -0.25) is 4.79 Å². The number of para-hydroxylation sites is 1. The molecular weight excluding hydrogens is 300 g/mol. The minimum absolute atomic E-state index is 0.0895. The Hall–Kier alpha value is -2.20. The van der Waals surface area contributed by atoms with Gasteiger partial charge >= 0.3 is 0 Å². The fourth-order valence-corrected chi connectivity index (χ4v) is 2.00. The number of benzene rings is 2. The van der Waals surface area contributed by atoms with Crippen molar-refractivity contribution in [2.45, 2.75) is 6.92 Å². The number of carbonyl (C=O) groups is 1. The fraction of sp³-hybridized carbons (Fsp3) is 0.235.